The van der Waals surface area contributed by atoms with Crippen LogP contribution in [0.1, 0.15) is 5.56 Å². The van der Waals surface area contributed by atoms with Gasteiger partial charge in [0.2, 0.25) is 0 Å². The number of hydrogen-bond acceptors (Lipinski definition) is 3. The molecule has 4 heteroatoms. The summed E-state index contributed by atoms with van der Waals surface area (Å²) in [6.07, 6.45) is 8.34. The van der Waals surface area contributed by atoms with Crippen LogP contribution in [0.25, 0.3) is 5.65 Å². The van der Waals surface area contributed by atoms with Crippen LogP contribution in [0.5, 0.6) is 0 Å². The van der Waals surface area contributed by atoms with Gasteiger partial charge >= 0.3 is 0 Å². The molecule has 1 N–H and O–H groups in total. The predicted molar refractivity (Wildman–Crippen MR) is 71.6 cm³/mol. The second-order valence-electron chi connectivity index (χ2n) is 4.10. The molecule has 18 heavy (non-hydrogen) atoms. The van der Waals surface area contributed by atoms with Gasteiger partial charge in [-0.15, -0.1) is 0 Å². The molecule has 0 amide bonds. The zero-order valence-electron chi connectivity index (χ0n) is 9.95. The highest BCUT2D eigenvalue weighted by molar-refractivity contribution is 5.62. The fourth-order valence-corrected chi connectivity index (χ4v) is 1.95. The summed E-state index contributed by atoms with van der Waals surface area (Å²) >= 11 is 0. The molecular weight excluding hydrogens is 224 g/mol. The summed E-state index contributed by atoms with van der Waals surface area (Å²) in [6, 6.07) is 10.4. The average molecular weight is 238 g/mol. The second-order valence-corrected chi connectivity index (χ2v) is 4.10. The summed E-state index contributed by atoms with van der Waals surface area (Å²) in [5.74, 6) is 0.832. The van der Waals surface area contributed by atoms with Crippen LogP contribution in [-0.2, 0) is 6.42 Å². The Morgan fingerprint density at radius 3 is 2.61 bits per heavy atom. The molecule has 4 nitrogen and oxygen atoms in total. The van der Waals surface area contributed by atoms with E-state index in [1.54, 1.807) is 12.4 Å². The number of aromatic nitrogens is 3. The van der Waals surface area contributed by atoms with Crippen molar-refractivity contribution in [3.05, 3.63) is 60.7 Å². The van der Waals surface area contributed by atoms with Gasteiger partial charge in [-0.3, -0.25) is 0 Å². The first-order chi connectivity index (χ1) is 8.93. The monoisotopic (exact) mass is 238 g/mol. The lowest BCUT2D eigenvalue weighted by molar-refractivity contribution is 0.998. The Bertz CT molecular complexity index is 630. The second kappa shape index (κ2) is 4.87. The Hall–Kier alpha value is -2.36. The van der Waals surface area contributed by atoms with Crippen molar-refractivity contribution in [2.24, 2.45) is 0 Å². The van der Waals surface area contributed by atoms with E-state index in [9.17, 15) is 0 Å². The highest BCUT2D eigenvalue weighted by Gasteiger charge is 2.02. The lowest BCUT2D eigenvalue weighted by Gasteiger charge is -2.06. The van der Waals surface area contributed by atoms with Gasteiger partial charge in [0.1, 0.15) is 0 Å². The van der Waals surface area contributed by atoms with Gasteiger partial charge in [-0.25, -0.2) is 9.97 Å². The first-order valence-electron chi connectivity index (χ1n) is 5.99. The molecule has 0 fully saturated rings. The fourth-order valence-electron chi connectivity index (χ4n) is 1.95. The minimum Gasteiger partial charge on any atom is -0.367 e. The lowest BCUT2D eigenvalue weighted by Crippen LogP contribution is -2.07. The molecule has 0 aliphatic heterocycles. The number of nitrogens with zero attached hydrogens (tertiary/aromatic N) is 3. The molecule has 0 saturated carbocycles. The summed E-state index contributed by atoms with van der Waals surface area (Å²) < 4.78 is 1.96. The number of nitrogens with one attached hydrogen (secondary N) is 1. The van der Waals surface area contributed by atoms with Crippen molar-refractivity contribution in [3.63, 3.8) is 0 Å². The minimum absolute atomic E-state index is 0.832. The first kappa shape index (κ1) is 10.8. The van der Waals surface area contributed by atoms with Gasteiger partial charge in [0.15, 0.2) is 11.5 Å². The zero-order valence-corrected chi connectivity index (χ0v) is 9.95. The van der Waals surface area contributed by atoms with Gasteiger partial charge < -0.3 is 9.72 Å². The number of hydrogen-bond donors (Lipinski definition) is 1. The van der Waals surface area contributed by atoms with Gasteiger partial charge in [0.25, 0.3) is 0 Å². The van der Waals surface area contributed by atoms with Crippen LogP contribution in [0, 0.1) is 0 Å². The third kappa shape index (κ3) is 2.18. The van der Waals surface area contributed by atoms with Gasteiger partial charge in [-0.1, -0.05) is 30.3 Å². The third-order valence-electron chi connectivity index (χ3n) is 2.86. The number of fused-ring (bicyclic) bond motifs is 1. The smallest absolute Gasteiger partial charge is 0.180 e. The van der Waals surface area contributed by atoms with E-state index in [2.05, 4.69) is 39.6 Å². The first-order valence-corrected chi connectivity index (χ1v) is 5.99. The third-order valence-corrected chi connectivity index (χ3v) is 2.86. The Morgan fingerprint density at radius 1 is 1.00 bits per heavy atom. The van der Waals surface area contributed by atoms with Gasteiger partial charge in [0, 0.05) is 31.3 Å². The summed E-state index contributed by atoms with van der Waals surface area (Å²) in [5.41, 5.74) is 2.19. The Labute approximate surface area is 105 Å². The van der Waals surface area contributed by atoms with E-state index in [-0.39, 0.29) is 0 Å². The van der Waals surface area contributed by atoms with Crippen LogP contribution >= 0.6 is 0 Å². The molecule has 0 atom stereocenters. The molecular formula is C14H14N4. The highest BCUT2D eigenvalue weighted by atomic mass is 15.1. The van der Waals surface area contributed by atoms with Crippen molar-refractivity contribution in [1.29, 1.82) is 0 Å². The zero-order chi connectivity index (χ0) is 12.2. The van der Waals surface area contributed by atoms with Crippen LogP contribution in [0.2, 0.25) is 0 Å². The fraction of sp³-hybridized carbons (Fsp3) is 0.143. The van der Waals surface area contributed by atoms with Crippen molar-refractivity contribution >= 4 is 11.5 Å². The Morgan fingerprint density at radius 2 is 1.78 bits per heavy atom. The molecule has 0 aliphatic rings. The normalized spacial score (nSPS) is 10.7. The molecule has 0 radical (unpaired) electrons. The molecule has 2 heterocycles. The Balaban J connectivity index is 1.68. The summed E-state index contributed by atoms with van der Waals surface area (Å²) in [6.45, 7) is 0.851. The van der Waals surface area contributed by atoms with Crippen molar-refractivity contribution in [2.45, 2.75) is 6.42 Å². The topological polar surface area (TPSA) is 42.2 Å². The Kier molecular flexibility index (Phi) is 2.92. The molecule has 0 spiro atoms. The SMILES string of the molecule is c1ccc(CCNc2nccn3ccnc23)cc1. The number of imidazole rings is 1. The van der Waals surface area contributed by atoms with Gasteiger partial charge in [0.05, 0.1) is 0 Å². The van der Waals surface area contributed by atoms with E-state index in [1.165, 1.54) is 5.56 Å². The van der Waals surface area contributed by atoms with E-state index >= 15 is 0 Å². The molecule has 2 aromatic heterocycles. The number of rotatable bonds is 4. The average Bonchev–Trinajstić information content (AvgIpc) is 2.89. The largest absolute Gasteiger partial charge is 0.367 e. The standard InChI is InChI=1S/C14H14N4/c1-2-4-12(5-3-1)6-7-15-13-14-17-9-11-18(14)10-8-16-13/h1-5,8-11H,6-7H2,(H,15,16). The number of anilines is 1. The van der Waals surface area contributed by atoms with E-state index in [0.29, 0.717) is 0 Å². The van der Waals surface area contributed by atoms with Gasteiger partial charge in [-0.2, -0.15) is 0 Å². The number of benzene rings is 1. The van der Waals surface area contributed by atoms with Crippen molar-refractivity contribution < 1.29 is 0 Å². The maximum absolute atomic E-state index is 4.32. The van der Waals surface area contributed by atoms with Crippen molar-refractivity contribution in [2.75, 3.05) is 11.9 Å². The summed E-state index contributed by atoms with van der Waals surface area (Å²) in [4.78, 5) is 8.60. The van der Waals surface area contributed by atoms with Crippen LogP contribution in [0.3, 0.4) is 0 Å². The van der Waals surface area contributed by atoms with E-state index < -0.39 is 0 Å². The minimum atomic E-state index is 0.832. The highest BCUT2D eigenvalue weighted by Crippen LogP contribution is 2.10. The van der Waals surface area contributed by atoms with Crippen molar-refractivity contribution in [3.8, 4) is 0 Å². The molecule has 0 unspecified atom stereocenters. The molecule has 3 rings (SSSR count). The molecule has 0 bridgehead atoms. The molecule has 0 saturated heterocycles. The summed E-state index contributed by atoms with van der Waals surface area (Å²) in [7, 11) is 0. The molecule has 0 aliphatic carbocycles. The van der Waals surface area contributed by atoms with Crippen LogP contribution in [0.4, 0.5) is 5.82 Å². The van der Waals surface area contributed by atoms with Crippen LogP contribution < -0.4 is 5.32 Å². The maximum atomic E-state index is 4.32. The predicted octanol–water partition coefficient (Wildman–Crippen LogP) is 2.38. The van der Waals surface area contributed by atoms with E-state index in [1.807, 2.05) is 22.9 Å². The maximum Gasteiger partial charge on any atom is 0.180 e. The quantitative estimate of drug-likeness (QED) is 0.758. The molecule has 3 aromatic rings. The van der Waals surface area contributed by atoms with Gasteiger partial charge in [-0.05, 0) is 12.0 Å². The summed E-state index contributed by atoms with van der Waals surface area (Å²) in [5, 5.41) is 3.33. The molecule has 90 valence electrons. The lowest BCUT2D eigenvalue weighted by atomic mass is 10.1. The van der Waals surface area contributed by atoms with E-state index in [0.717, 1.165) is 24.4 Å². The van der Waals surface area contributed by atoms with E-state index in [4.69, 9.17) is 0 Å². The van der Waals surface area contributed by atoms with Crippen LogP contribution in [-0.4, -0.2) is 20.9 Å². The molecule has 1 aromatic carbocycles. The van der Waals surface area contributed by atoms with Crippen LogP contribution in [0.15, 0.2) is 55.1 Å². The van der Waals surface area contributed by atoms with Crippen molar-refractivity contribution in [1.82, 2.24) is 14.4 Å².